The summed E-state index contributed by atoms with van der Waals surface area (Å²) in [5.74, 6) is -0.684. The Labute approximate surface area is 175 Å². The maximum atomic E-state index is 13.9. The highest BCUT2D eigenvalue weighted by molar-refractivity contribution is 5.92. The van der Waals surface area contributed by atoms with Gasteiger partial charge in [-0.15, -0.1) is 0 Å². The van der Waals surface area contributed by atoms with Crippen molar-refractivity contribution in [1.82, 2.24) is 20.0 Å². The molecule has 1 aliphatic rings. The van der Waals surface area contributed by atoms with Crippen LogP contribution in [0.25, 0.3) is 5.69 Å². The number of carbonyl (C=O) groups is 1. The number of amides is 1. The molecule has 156 valence electrons. The number of hydrogen-bond donors (Lipinski definition) is 1. The molecule has 0 bridgehead atoms. The van der Waals surface area contributed by atoms with Gasteiger partial charge in [0.1, 0.15) is 11.5 Å². The van der Waals surface area contributed by atoms with Crippen LogP contribution in [0.4, 0.5) is 4.39 Å². The molecule has 0 aliphatic carbocycles. The summed E-state index contributed by atoms with van der Waals surface area (Å²) in [5, 5.41) is 7.09. The molecule has 1 N–H and O–H groups in total. The van der Waals surface area contributed by atoms with Crippen molar-refractivity contribution in [3.8, 4) is 5.69 Å². The lowest BCUT2D eigenvalue weighted by molar-refractivity contribution is -0.0212. The molecule has 2 aromatic carbocycles. The fourth-order valence-corrected chi connectivity index (χ4v) is 3.62. The average Bonchev–Trinajstić information content (AvgIpc) is 3.23. The second-order valence-electron chi connectivity index (χ2n) is 7.52. The van der Waals surface area contributed by atoms with E-state index in [1.165, 1.54) is 16.3 Å². The van der Waals surface area contributed by atoms with Crippen molar-refractivity contribution in [3.05, 3.63) is 83.4 Å². The number of aromatic nitrogens is 2. The first-order valence-corrected chi connectivity index (χ1v) is 10.1. The zero-order valence-corrected chi connectivity index (χ0v) is 16.9. The summed E-state index contributed by atoms with van der Waals surface area (Å²) in [4.78, 5) is 14.9. The molecule has 2 heterocycles. The van der Waals surface area contributed by atoms with Gasteiger partial charge in [0.15, 0.2) is 5.69 Å². The third-order valence-corrected chi connectivity index (χ3v) is 5.10. The molecule has 6 nitrogen and oxygen atoms in total. The van der Waals surface area contributed by atoms with E-state index in [0.717, 1.165) is 31.8 Å². The Morgan fingerprint density at radius 1 is 1.20 bits per heavy atom. The van der Waals surface area contributed by atoms with Crippen LogP contribution in [0.2, 0.25) is 0 Å². The Hall–Kier alpha value is -3.03. The van der Waals surface area contributed by atoms with E-state index in [0.29, 0.717) is 12.2 Å². The molecule has 0 spiro atoms. The Morgan fingerprint density at radius 2 is 2.03 bits per heavy atom. The number of nitrogens with zero attached hydrogens (tertiary/aromatic N) is 3. The lowest BCUT2D eigenvalue weighted by atomic mass is 10.1. The molecule has 1 aliphatic heterocycles. The second kappa shape index (κ2) is 9.19. The van der Waals surface area contributed by atoms with Crippen molar-refractivity contribution in [2.45, 2.75) is 26.1 Å². The van der Waals surface area contributed by atoms with Gasteiger partial charge in [0.05, 0.1) is 12.7 Å². The van der Waals surface area contributed by atoms with Crippen LogP contribution in [0.15, 0.2) is 60.8 Å². The van der Waals surface area contributed by atoms with Gasteiger partial charge < -0.3 is 10.1 Å². The van der Waals surface area contributed by atoms with Gasteiger partial charge in [-0.05, 0) is 36.2 Å². The first-order chi connectivity index (χ1) is 14.6. The first-order valence-electron chi connectivity index (χ1n) is 10.1. The van der Waals surface area contributed by atoms with Crippen LogP contribution < -0.4 is 5.32 Å². The van der Waals surface area contributed by atoms with Gasteiger partial charge in [-0.2, -0.15) is 5.10 Å². The summed E-state index contributed by atoms with van der Waals surface area (Å²) in [6.07, 6.45) is 1.84. The van der Waals surface area contributed by atoms with Gasteiger partial charge in [-0.3, -0.25) is 9.69 Å². The van der Waals surface area contributed by atoms with E-state index in [2.05, 4.69) is 34.4 Å². The van der Waals surface area contributed by atoms with Gasteiger partial charge in [-0.1, -0.05) is 36.4 Å². The summed E-state index contributed by atoms with van der Waals surface area (Å²) in [6, 6.07) is 16.1. The van der Waals surface area contributed by atoms with Gasteiger partial charge in [0, 0.05) is 32.4 Å². The molecule has 1 amide bonds. The quantitative estimate of drug-likeness (QED) is 0.681. The predicted molar refractivity (Wildman–Crippen MR) is 112 cm³/mol. The SMILES string of the molecule is CC1CN(Cc2cccc(CNC(=O)c3ccn(-c4ccccc4F)n3)c2)CCO1. The van der Waals surface area contributed by atoms with E-state index >= 15 is 0 Å². The minimum absolute atomic E-state index is 0.247. The number of ether oxygens (including phenoxy) is 1. The maximum absolute atomic E-state index is 13.9. The van der Waals surface area contributed by atoms with E-state index in [4.69, 9.17) is 4.74 Å². The molecule has 1 saturated heterocycles. The van der Waals surface area contributed by atoms with Crippen molar-refractivity contribution < 1.29 is 13.9 Å². The smallest absolute Gasteiger partial charge is 0.272 e. The summed E-state index contributed by atoms with van der Waals surface area (Å²) in [7, 11) is 0. The topological polar surface area (TPSA) is 59.4 Å². The lowest BCUT2D eigenvalue weighted by Gasteiger charge is -2.31. The fraction of sp³-hybridized carbons (Fsp3) is 0.304. The molecule has 1 atom stereocenters. The Bertz CT molecular complexity index is 1020. The van der Waals surface area contributed by atoms with E-state index < -0.39 is 0 Å². The number of para-hydroxylation sites is 1. The van der Waals surface area contributed by atoms with Crippen molar-refractivity contribution in [2.24, 2.45) is 0 Å². The summed E-state index contributed by atoms with van der Waals surface area (Å²) in [6.45, 7) is 5.96. The molecular weight excluding hydrogens is 383 g/mol. The molecular formula is C23H25FN4O2. The Kier molecular flexibility index (Phi) is 6.21. The van der Waals surface area contributed by atoms with E-state index in [1.807, 2.05) is 12.1 Å². The first kappa shape index (κ1) is 20.3. The van der Waals surface area contributed by atoms with Crippen LogP contribution in [0.1, 0.15) is 28.5 Å². The van der Waals surface area contributed by atoms with Crippen molar-refractivity contribution in [1.29, 1.82) is 0 Å². The van der Waals surface area contributed by atoms with Gasteiger partial charge in [0.2, 0.25) is 0 Å². The summed E-state index contributed by atoms with van der Waals surface area (Å²) in [5.41, 5.74) is 2.79. The maximum Gasteiger partial charge on any atom is 0.272 e. The molecule has 4 rings (SSSR count). The number of hydrogen-bond acceptors (Lipinski definition) is 4. The number of halogens is 1. The molecule has 1 aromatic heterocycles. The normalized spacial score (nSPS) is 17.1. The molecule has 3 aromatic rings. The highest BCUT2D eigenvalue weighted by Crippen LogP contribution is 2.14. The second-order valence-corrected chi connectivity index (χ2v) is 7.52. The number of morpholine rings is 1. The number of nitrogens with one attached hydrogen (secondary N) is 1. The van der Waals surface area contributed by atoms with Crippen molar-refractivity contribution >= 4 is 5.91 Å². The van der Waals surface area contributed by atoms with E-state index in [9.17, 15) is 9.18 Å². The Balaban J connectivity index is 1.36. The standard InChI is InChI=1S/C23H25FN4O2/c1-17-15-27(11-12-30-17)16-19-6-4-5-18(13-19)14-25-23(29)21-9-10-28(26-21)22-8-3-2-7-20(22)24/h2-10,13,17H,11-12,14-16H2,1H3,(H,25,29). The van der Waals surface area contributed by atoms with Gasteiger partial charge in [-0.25, -0.2) is 9.07 Å². The van der Waals surface area contributed by atoms with Crippen LogP contribution in [0.5, 0.6) is 0 Å². The molecule has 0 radical (unpaired) electrons. The zero-order chi connectivity index (χ0) is 20.9. The van der Waals surface area contributed by atoms with Crippen LogP contribution in [0.3, 0.4) is 0 Å². The minimum Gasteiger partial charge on any atom is -0.376 e. The summed E-state index contributed by atoms with van der Waals surface area (Å²) < 4.78 is 20.9. The third kappa shape index (κ3) is 4.93. The van der Waals surface area contributed by atoms with Crippen molar-refractivity contribution in [3.63, 3.8) is 0 Å². The third-order valence-electron chi connectivity index (χ3n) is 5.10. The highest BCUT2D eigenvalue weighted by atomic mass is 19.1. The van der Waals surface area contributed by atoms with Crippen LogP contribution >= 0.6 is 0 Å². The van der Waals surface area contributed by atoms with Crippen molar-refractivity contribution in [2.75, 3.05) is 19.7 Å². The largest absolute Gasteiger partial charge is 0.376 e. The van der Waals surface area contributed by atoms with E-state index in [-0.39, 0.29) is 23.5 Å². The zero-order valence-electron chi connectivity index (χ0n) is 16.9. The monoisotopic (exact) mass is 408 g/mol. The molecule has 7 heteroatoms. The number of rotatable bonds is 6. The van der Waals surface area contributed by atoms with Gasteiger partial charge in [0.25, 0.3) is 5.91 Å². The average molecular weight is 408 g/mol. The van der Waals surface area contributed by atoms with Crippen LogP contribution in [-0.2, 0) is 17.8 Å². The lowest BCUT2D eigenvalue weighted by Crippen LogP contribution is -2.40. The molecule has 30 heavy (non-hydrogen) atoms. The van der Waals surface area contributed by atoms with Gasteiger partial charge >= 0.3 is 0 Å². The fourth-order valence-electron chi connectivity index (χ4n) is 3.62. The molecule has 0 saturated carbocycles. The Morgan fingerprint density at radius 3 is 2.87 bits per heavy atom. The number of benzene rings is 2. The van der Waals surface area contributed by atoms with Crippen LogP contribution in [0, 0.1) is 5.82 Å². The number of carbonyl (C=O) groups excluding carboxylic acids is 1. The molecule has 1 unspecified atom stereocenters. The highest BCUT2D eigenvalue weighted by Gasteiger charge is 2.17. The molecule has 1 fully saturated rings. The summed E-state index contributed by atoms with van der Waals surface area (Å²) >= 11 is 0. The van der Waals surface area contributed by atoms with Crippen LogP contribution in [-0.4, -0.2) is 46.4 Å². The minimum atomic E-state index is -0.390. The van der Waals surface area contributed by atoms with E-state index in [1.54, 1.807) is 30.5 Å². The predicted octanol–water partition coefficient (Wildman–Crippen LogP) is 3.16.